The van der Waals surface area contributed by atoms with Crippen molar-refractivity contribution >= 4 is 18.0 Å². The number of ether oxygens (including phenoxy) is 1. The molecule has 20 heavy (non-hydrogen) atoms. The Morgan fingerprint density at radius 2 is 2.00 bits per heavy atom. The summed E-state index contributed by atoms with van der Waals surface area (Å²) in [5, 5.41) is 9.23. The lowest BCUT2D eigenvalue weighted by atomic mass is 10.1. The Balaban J connectivity index is 2.70. The highest BCUT2D eigenvalue weighted by Gasteiger charge is 2.32. The molecule has 1 heterocycles. The van der Waals surface area contributed by atoms with Crippen LogP contribution in [0.2, 0.25) is 0 Å². The largest absolute Gasteiger partial charge is 0.480 e. The third-order valence-electron chi connectivity index (χ3n) is 3.28. The smallest absolute Gasteiger partial charge is 0.326 e. The van der Waals surface area contributed by atoms with Gasteiger partial charge in [-0.2, -0.15) is 0 Å². The number of carboxylic acid groups (broad SMARTS) is 1. The summed E-state index contributed by atoms with van der Waals surface area (Å²) in [5.74, 6) is -1.49. The molecule has 2 amide bonds. The topological polar surface area (TPSA) is 87.2 Å². The summed E-state index contributed by atoms with van der Waals surface area (Å²) < 4.78 is 4.78. The van der Waals surface area contributed by atoms with Crippen molar-refractivity contribution in [3.05, 3.63) is 0 Å². The molecule has 1 saturated heterocycles. The predicted octanol–water partition coefficient (Wildman–Crippen LogP) is 0.930. The van der Waals surface area contributed by atoms with E-state index in [2.05, 4.69) is 0 Å². The van der Waals surface area contributed by atoms with Gasteiger partial charge in [0.25, 0.3) is 0 Å². The van der Waals surface area contributed by atoms with Crippen molar-refractivity contribution in [3.8, 4) is 0 Å². The van der Waals surface area contributed by atoms with Gasteiger partial charge in [-0.15, -0.1) is 0 Å². The van der Waals surface area contributed by atoms with E-state index in [0.29, 0.717) is 13.0 Å². The Morgan fingerprint density at radius 1 is 1.30 bits per heavy atom. The molecule has 1 aliphatic heterocycles. The molecule has 1 unspecified atom stereocenters. The SMILES string of the molecule is CCOC(=O)CN(C)C(=O)N1CCCCCC1C(=O)O. The number of nitrogens with zero attached hydrogens (tertiary/aromatic N) is 2. The van der Waals surface area contributed by atoms with Crippen molar-refractivity contribution in [2.75, 3.05) is 26.7 Å². The molecule has 0 bridgehead atoms. The molecule has 1 fully saturated rings. The van der Waals surface area contributed by atoms with Crippen LogP contribution >= 0.6 is 0 Å². The number of hydrogen-bond acceptors (Lipinski definition) is 4. The third kappa shape index (κ3) is 4.40. The van der Waals surface area contributed by atoms with E-state index in [4.69, 9.17) is 4.74 Å². The monoisotopic (exact) mass is 286 g/mol. The normalized spacial score (nSPS) is 19.1. The van der Waals surface area contributed by atoms with Crippen LogP contribution in [0.5, 0.6) is 0 Å². The van der Waals surface area contributed by atoms with Crippen LogP contribution in [0, 0.1) is 0 Å². The molecule has 0 aromatic heterocycles. The van der Waals surface area contributed by atoms with Crippen LogP contribution in [0.1, 0.15) is 32.6 Å². The van der Waals surface area contributed by atoms with Crippen molar-refractivity contribution < 1.29 is 24.2 Å². The molecular formula is C13H22N2O5. The predicted molar refractivity (Wildman–Crippen MR) is 71.3 cm³/mol. The van der Waals surface area contributed by atoms with Crippen molar-refractivity contribution in [1.29, 1.82) is 0 Å². The summed E-state index contributed by atoms with van der Waals surface area (Å²) in [6.45, 7) is 2.18. The molecule has 0 aromatic rings. The van der Waals surface area contributed by atoms with Crippen molar-refractivity contribution in [2.45, 2.75) is 38.6 Å². The second kappa shape index (κ2) is 7.72. The van der Waals surface area contributed by atoms with Gasteiger partial charge in [0, 0.05) is 13.6 Å². The van der Waals surface area contributed by atoms with Gasteiger partial charge >= 0.3 is 18.0 Å². The zero-order valence-corrected chi connectivity index (χ0v) is 12.0. The van der Waals surface area contributed by atoms with Gasteiger partial charge in [0.05, 0.1) is 6.61 Å². The maximum absolute atomic E-state index is 12.3. The highest BCUT2D eigenvalue weighted by atomic mass is 16.5. The number of carbonyl (C=O) groups is 3. The number of amides is 2. The van der Waals surface area contributed by atoms with Gasteiger partial charge in [0.15, 0.2) is 0 Å². The number of urea groups is 1. The minimum absolute atomic E-state index is 0.171. The average molecular weight is 286 g/mol. The second-order valence-corrected chi connectivity index (χ2v) is 4.84. The zero-order valence-electron chi connectivity index (χ0n) is 12.0. The maximum atomic E-state index is 12.3. The quantitative estimate of drug-likeness (QED) is 0.777. The Hall–Kier alpha value is -1.79. The van der Waals surface area contributed by atoms with Crippen LogP contribution in [0.15, 0.2) is 0 Å². The summed E-state index contributed by atoms with van der Waals surface area (Å²) >= 11 is 0. The van der Waals surface area contributed by atoms with E-state index in [1.165, 1.54) is 16.8 Å². The first-order valence-corrected chi connectivity index (χ1v) is 6.87. The zero-order chi connectivity index (χ0) is 15.1. The number of carboxylic acids is 1. The first-order valence-electron chi connectivity index (χ1n) is 6.87. The highest BCUT2D eigenvalue weighted by molar-refractivity contribution is 5.85. The maximum Gasteiger partial charge on any atom is 0.326 e. The molecule has 7 heteroatoms. The molecule has 1 N–H and O–H groups in total. The van der Waals surface area contributed by atoms with Crippen molar-refractivity contribution in [3.63, 3.8) is 0 Å². The van der Waals surface area contributed by atoms with E-state index in [0.717, 1.165) is 19.3 Å². The molecule has 0 aromatic carbocycles. The van der Waals surface area contributed by atoms with Crippen LogP contribution in [0.3, 0.4) is 0 Å². The lowest BCUT2D eigenvalue weighted by Crippen LogP contribution is -2.50. The van der Waals surface area contributed by atoms with Gasteiger partial charge in [-0.05, 0) is 19.8 Å². The number of likely N-dealkylation sites (N-methyl/N-ethyl adjacent to an activating group) is 1. The number of aliphatic carboxylic acids is 1. The fourth-order valence-electron chi connectivity index (χ4n) is 2.28. The van der Waals surface area contributed by atoms with Crippen LogP contribution in [-0.4, -0.2) is 65.7 Å². The third-order valence-corrected chi connectivity index (χ3v) is 3.28. The Labute approximate surface area is 118 Å². The molecule has 0 saturated carbocycles. The van der Waals surface area contributed by atoms with E-state index >= 15 is 0 Å². The fraction of sp³-hybridized carbons (Fsp3) is 0.769. The van der Waals surface area contributed by atoms with E-state index < -0.39 is 24.0 Å². The minimum Gasteiger partial charge on any atom is -0.480 e. The average Bonchev–Trinajstić information content (AvgIpc) is 2.63. The Kier molecular flexibility index (Phi) is 6.27. The molecule has 1 aliphatic rings. The second-order valence-electron chi connectivity index (χ2n) is 4.84. The van der Waals surface area contributed by atoms with Crippen LogP contribution in [-0.2, 0) is 14.3 Å². The van der Waals surface area contributed by atoms with Gasteiger partial charge in [-0.3, -0.25) is 4.79 Å². The fourth-order valence-corrected chi connectivity index (χ4v) is 2.28. The highest BCUT2D eigenvalue weighted by Crippen LogP contribution is 2.18. The summed E-state index contributed by atoms with van der Waals surface area (Å²) in [4.78, 5) is 37.5. The molecule has 114 valence electrons. The number of esters is 1. The van der Waals surface area contributed by atoms with Crippen molar-refractivity contribution in [2.24, 2.45) is 0 Å². The van der Waals surface area contributed by atoms with Gasteiger partial charge in [-0.25, -0.2) is 9.59 Å². The first kappa shape index (κ1) is 16.3. The van der Waals surface area contributed by atoms with E-state index in [9.17, 15) is 19.5 Å². The van der Waals surface area contributed by atoms with Crippen LogP contribution < -0.4 is 0 Å². The molecule has 0 radical (unpaired) electrons. The van der Waals surface area contributed by atoms with Crippen LogP contribution in [0.25, 0.3) is 0 Å². The number of hydrogen-bond donors (Lipinski definition) is 1. The molecule has 0 spiro atoms. The van der Waals surface area contributed by atoms with E-state index in [1.807, 2.05) is 0 Å². The summed E-state index contributed by atoms with van der Waals surface area (Å²) in [6.07, 6.45) is 2.94. The lowest BCUT2D eigenvalue weighted by Gasteiger charge is -2.30. The molecule has 1 rings (SSSR count). The Bertz CT molecular complexity index is 372. The Morgan fingerprint density at radius 3 is 2.60 bits per heavy atom. The first-order chi connectivity index (χ1) is 9.47. The van der Waals surface area contributed by atoms with Gasteiger partial charge in [0.2, 0.25) is 0 Å². The van der Waals surface area contributed by atoms with Gasteiger partial charge < -0.3 is 19.6 Å². The molecule has 1 atom stereocenters. The minimum atomic E-state index is -0.996. The van der Waals surface area contributed by atoms with Gasteiger partial charge in [0.1, 0.15) is 12.6 Å². The van der Waals surface area contributed by atoms with Crippen molar-refractivity contribution in [1.82, 2.24) is 9.80 Å². The summed E-state index contributed by atoms with van der Waals surface area (Å²) in [6, 6.07) is -1.25. The molecule has 0 aliphatic carbocycles. The van der Waals surface area contributed by atoms with Crippen LogP contribution in [0.4, 0.5) is 4.79 Å². The standard InChI is InChI=1S/C13H22N2O5/c1-3-20-11(16)9-14(2)13(19)15-8-6-4-5-7-10(15)12(17)18/h10H,3-9H2,1-2H3,(H,17,18). The molecular weight excluding hydrogens is 264 g/mol. The van der Waals surface area contributed by atoms with Gasteiger partial charge in [-0.1, -0.05) is 12.8 Å². The van der Waals surface area contributed by atoms with E-state index in [1.54, 1.807) is 6.92 Å². The molecule has 7 nitrogen and oxygen atoms in total. The number of rotatable bonds is 4. The lowest BCUT2D eigenvalue weighted by molar-refractivity contribution is -0.143. The van der Waals surface area contributed by atoms with E-state index in [-0.39, 0.29) is 13.2 Å². The number of likely N-dealkylation sites (tertiary alicyclic amines) is 1. The number of carbonyl (C=O) groups excluding carboxylic acids is 2. The summed E-state index contributed by atoms with van der Waals surface area (Å²) in [5.41, 5.74) is 0. The summed E-state index contributed by atoms with van der Waals surface area (Å²) in [7, 11) is 1.48.